The Balaban J connectivity index is 1.77. The minimum Gasteiger partial charge on any atom is -0.491 e. The molecule has 0 aromatic heterocycles. The van der Waals surface area contributed by atoms with E-state index in [1.807, 2.05) is 43.3 Å². The summed E-state index contributed by atoms with van der Waals surface area (Å²) in [5, 5.41) is 13.3. The first-order valence-corrected chi connectivity index (χ1v) is 7.16. The smallest absolute Gasteiger partial charge is 0.121 e. The summed E-state index contributed by atoms with van der Waals surface area (Å²) >= 11 is 0. The fourth-order valence-electron chi connectivity index (χ4n) is 2.29. The number of hydrogen-bond donors (Lipinski definition) is 2. The van der Waals surface area contributed by atoms with Crippen LogP contribution in [0, 0.1) is 0 Å². The van der Waals surface area contributed by atoms with Crippen LogP contribution in [0.3, 0.4) is 0 Å². The summed E-state index contributed by atoms with van der Waals surface area (Å²) < 4.78 is 5.68. The molecule has 1 aromatic rings. The van der Waals surface area contributed by atoms with Crippen LogP contribution >= 0.6 is 0 Å². The van der Waals surface area contributed by atoms with E-state index in [1.54, 1.807) is 0 Å². The standard InChI is InChI=1S/C15H25N3O2/c1-17(2)13-4-3-5-15(10-13)20-12-14(19)11-18-8-6-16-7-9-18/h3-5,10,14,16,19H,6-9,11-12H2,1-2H3. The molecule has 1 saturated heterocycles. The highest BCUT2D eigenvalue weighted by atomic mass is 16.5. The van der Waals surface area contributed by atoms with Gasteiger partial charge in [0.1, 0.15) is 18.5 Å². The quantitative estimate of drug-likeness (QED) is 0.789. The van der Waals surface area contributed by atoms with E-state index in [0.717, 1.165) is 37.6 Å². The Labute approximate surface area is 121 Å². The summed E-state index contributed by atoms with van der Waals surface area (Å²) in [5.41, 5.74) is 1.10. The number of aliphatic hydroxyl groups excluding tert-OH is 1. The molecule has 112 valence electrons. The van der Waals surface area contributed by atoms with Crippen LogP contribution in [0.4, 0.5) is 5.69 Å². The fourth-order valence-corrected chi connectivity index (χ4v) is 2.29. The van der Waals surface area contributed by atoms with Gasteiger partial charge in [0.25, 0.3) is 0 Å². The van der Waals surface area contributed by atoms with E-state index < -0.39 is 6.10 Å². The zero-order valence-electron chi connectivity index (χ0n) is 12.4. The van der Waals surface area contributed by atoms with E-state index in [9.17, 15) is 5.11 Å². The number of nitrogens with one attached hydrogen (secondary N) is 1. The largest absolute Gasteiger partial charge is 0.491 e. The molecule has 0 bridgehead atoms. The molecule has 5 nitrogen and oxygen atoms in total. The number of piperazine rings is 1. The normalized spacial score (nSPS) is 17.8. The first-order chi connectivity index (χ1) is 9.65. The molecule has 1 aliphatic rings. The van der Waals surface area contributed by atoms with Crippen LogP contribution in [0.25, 0.3) is 0 Å². The molecule has 2 N–H and O–H groups in total. The van der Waals surface area contributed by atoms with Gasteiger partial charge < -0.3 is 20.1 Å². The number of rotatable bonds is 6. The summed E-state index contributed by atoms with van der Waals surface area (Å²) in [6.07, 6.45) is -0.448. The van der Waals surface area contributed by atoms with E-state index in [-0.39, 0.29) is 0 Å². The first kappa shape index (κ1) is 15.1. The average molecular weight is 279 g/mol. The predicted octanol–water partition coefficient (Wildman–Crippen LogP) is 0.398. The van der Waals surface area contributed by atoms with Crippen molar-refractivity contribution in [2.45, 2.75) is 6.10 Å². The van der Waals surface area contributed by atoms with E-state index in [0.29, 0.717) is 13.2 Å². The average Bonchev–Trinajstić information content (AvgIpc) is 2.46. The van der Waals surface area contributed by atoms with Gasteiger partial charge in [-0.2, -0.15) is 0 Å². The van der Waals surface area contributed by atoms with Gasteiger partial charge in [-0.15, -0.1) is 0 Å². The zero-order valence-corrected chi connectivity index (χ0v) is 12.4. The maximum absolute atomic E-state index is 10.0. The monoisotopic (exact) mass is 279 g/mol. The van der Waals surface area contributed by atoms with Gasteiger partial charge in [0.15, 0.2) is 0 Å². The highest BCUT2D eigenvalue weighted by Crippen LogP contribution is 2.19. The Morgan fingerprint density at radius 2 is 2.10 bits per heavy atom. The third kappa shape index (κ3) is 4.67. The van der Waals surface area contributed by atoms with Crippen LogP contribution < -0.4 is 15.0 Å². The second-order valence-corrected chi connectivity index (χ2v) is 5.41. The van der Waals surface area contributed by atoms with Crippen molar-refractivity contribution >= 4 is 5.69 Å². The van der Waals surface area contributed by atoms with E-state index >= 15 is 0 Å². The topological polar surface area (TPSA) is 48.0 Å². The molecular formula is C15H25N3O2. The van der Waals surface area contributed by atoms with Crippen LogP contribution in [0.1, 0.15) is 0 Å². The number of hydrogen-bond acceptors (Lipinski definition) is 5. The Morgan fingerprint density at radius 1 is 1.35 bits per heavy atom. The molecule has 0 spiro atoms. The van der Waals surface area contributed by atoms with E-state index in [1.165, 1.54) is 0 Å². The lowest BCUT2D eigenvalue weighted by molar-refractivity contribution is 0.0641. The highest BCUT2D eigenvalue weighted by Gasteiger charge is 2.14. The number of aliphatic hydroxyl groups is 1. The summed E-state index contributed by atoms with van der Waals surface area (Å²) in [6, 6.07) is 7.90. The maximum atomic E-state index is 10.0. The minimum absolute atomic E-state index is 0.334. The molecule has 1 atom stereocenters. The fraction of sp³-hybridized carbons (Fsp3) is 0.600. The lowest BCUT2D eigenvalue weighted by Gasteiger charge is -2.29. The molecule has 1 fully saturated rings. The van der Waals surface area contributed by atoms with Gasteiger partial charge in [0.05, 0.1) is 0 Å². The van der Waals surface area contributed by atoms with Crippen LogP contribution in [-0.4, -0.2) is 69.5 Å². The molecule has 0 amide bonds. The van der Waals surface area contributed by atoms with Gasteiger partial charge in [-0.05, 0) is 12.1 Å². The van der Waals surface area contributed by atoms with Crippen LogP contribution in [-0.2, 0) is 0 Å². The highest BCUT2D eigenvalue weighted by molar-refractivity contribution is 5.49. The van der Waals surface area contributed by atoms with Gasteiger partial charge in [-0.1, -0.05) is 6.07 Å². The van der Waals surface area contributed by atoms with E-state index in [4.69, 9.17) is 4.74 Å². The number of nitrogens with zero attached hydrogens (tertiary/aromatic N) is 2. The third-order valence-electron chi connectivity index (χ3n) is 3.45. The van der Waals surface area contributed by atoms with Crippen molar-refractivity contribution in [3.8, 4) is 5.75 Å². The summed E-state index contributed by atoms with van der Waals surface area (Å²) in [5.74, 6) is 0.801. The van der Waals surface area contributed by atoms with Crippen LogP contribution in [0.2, 0.25) is 0 Å². The lowest BCUT2D eigenvalue weighted by Crippen LogP contribution is -2.47. The molecule has 0 aliphatic carbocycles. The van der Waals surface area contributed by atoms with Gasteiger partial charge in [0.2, 0.25) is 0 Å². The Kier molecular flexibility index (Phi) is 5.64. The molecule has 0 saturated carbocycles. The SMILES string of the molecule is CN(C)c1cccc(OCC(O)CN2CCNCC2)c1. The van der Waals surface area contributed by atoms with Crippen molar-refractivity contribution in [1.82, 2.24) is 10.2 Å². The molecule has 0 radical (unpaired) electrons. The molecule has 1 heterocycles. The molecule has 1 unspecified atom stereocenters. The summed E-state index contributed by atoms with van der Waals surface area (Å²) in [6.45, 7) is 4.99. The Bertz CT molecular complexity index is 406. The van der Waals surface area contributed by atoms with Crippen LogP contribution in [0.15, 0.2) is 24.3 Å². The van der Waals surface area contributed by atoms with Crippen molar-refractivity contribution in [3.05, 3.63) is 24.3 Å². The van der Waals surface area contributed by atoms with Crippen molar-refractivity contribution in [3.63, 3.8) is 0 Å². The van der Waals surface area contributed by atoms with Crippen molar-refractivity contribution in [1.29, 1.82) is 0 Å². The minimum atomic E-state index is -0.448. The third-order valence-corrected chi connectivity index (χ3v) is 3.45. The van der Waals surface area contributed by atoms with Crippen molar-refractivity contribution in [2.75, 3.05) is 58.3 Å². The number of ether oxygens (including phenoxy) is 1. The van der Waals surface area contributed by atoms with E-state index in [2.05, 4.69) is 10.2 Å². The molecule has 1 aliphatic heterocycles. The summed E-state index contributed by atoms with van der Waals surface area (Å²) in [7, 11) is 4.00. The molecule has 1 aromatic carbocycles. The van der Waals surface area contributed by atoms with Gasteiger partial charge >= 0.3 is 0 Å². The molecular weight excluding hydrogens is 254 g/mol. The second-order valence-electron chi connectivity index (χ2n) is 5.41. The van der Waals surface area contributed by atoms with Gasteiger partial charge in [0, 0.05) is 58.6 Å². The molecule has 5 heteroatoms. The Morgan fingerprint density at radius 3 is 2.80 bits per heavy atom. The van der Waals surface area contributed by atoms with Gasteiger partial charge in [-0.25, -0.2) is 0 Å². The predicted molar refractivity (Wildman–Crippen MR) is 81.6 cm³/mol. The van der Waals surface area contributed by atoms with Gasteiger partial charge in [-0.3, -0.25) is 4.90 Å². The molecule has 2 rings (SSSR count). The Hall–Kier alpha value is -1.30. The van der Waals surface area contributed by atoms with Crippen LogP contribution in [0.5, 0.6) is 5.75 Å². The maximum Gasteiger partial charge on any atom is 0.121 e. The first-order valence-electron chi connectivity index (χ1n) is 7.16. The second kappa shape index (κ2) is 7.47. The lowest BCUT2D eigenvalue weighted by atomic mass is 10.2. The summed E-state index contributed by atoms with van der Waals surface area (Å²) in [4.78, 5) is 4.30. The number of β-amino-alcohol motifs (C(OH)–C–C–N with tert-alkyl or cyclic N) is 1. The zero-order chi connectivity index (χ0) is 14.4. The number of benzene rings is 1. The van der Waals surface area contributed by atoms with Crippen molar-refractivity contribution < 1.29 is 9.84 Å². The van der Waals surface area contributed by atoms with Crippen molar-refractivity contribution in [2.24, 2.45) is 0 Å². The molecule has 20 heavy (non-hydrogen) atoms. The number of anilines is 1.